The number of carbonyl (C=O) groups is 1. The molecule has 0 amide bonds. The van der Waals surface area contributed by atoms with Crippen LogP contribution in [0.4, 0.5) is 19.0 Å². The Morgan fingerprint density at radius 2 is 1.29 bits per heavy atom. The average Bonchev–Trinajstić information content (AvgIpc) is 1.67. The SMILES string of the molecule is CCCC#Cc1nc(F)c(-c2ccncc2)n1CCCc1ccccc1.CC[C@H](O)COc1cccc(C(=O)c2cnn(-c3ccc(F)cc3)c2N)c1.Cc1ccc(-c2ncn(C(CO)CO)c2-c2ccnc(Oc3ccccc3)n2)cc1.Fc1ccc(-c2ncn(C3CCNCC3)c2-c2ccncc2)cc1. The highest BCUT2D eigenvalue weighted by atomic mass is 19.1. The number of nitrogens with one attached hydrogen (secondary N) is 1. The van der Waals surface area contributed by atoms with E-state index in [2.05, 4.69) is 80.8 Å². The number of pyridine rings is 2. The molecule has 1 aliphatic rings. The van der Waals surface area contributed by atoms with Gasteiger partial charge < -0.3 is 49.5 Å². The number of benzene rings is 6. The molecule has 0 saturated carbocycles. The molecule has 1 fully saturated rings. The summed E-state index contributed by atoms with van der Waals surface area (Å²) in [4.78, 5) is 43.1. The largest absolute Gasteiger partial charge is 0.491 e. The number of anilines is 1. The lowest BCUT2D eigenvalue weighted by Crippen LogP contribution is -2.29. The fourth-order valence-electron chi connectivity index (χ4n) is 11.9. The Bertz CT molecular complexity index is 5000. The van der Waals surface area contributed by atoms with Gasteiger partial charge in [0.25, 0.3) is 0 Å². The number of halogens is 3. The highest BCUT2D eigenvalue weighted by Gasteiger charge is 2.26. The van der Waals surface area contributed by atoms with Crippen molar-refractivity contribution in [2.75, 3.05) is 38.6 Å². The van der Waals surface area contributed by atoms with E-state index in [1.54, 1.807) is 96.5 Å². The van der Waals surface area contributed by atoms with Crippen molar-refractivity contribution < 1.29 is 42.8 Å². The van der Waals surface area contributed by atoms with Crippen molar-refractivity contribution >= 4 is 11.6 Å². The number of ether oxygens (including phenoxy) is 2. The molecular formula is C84H83F3N14O6. The van der Waals surface area contributed by atoms with Gasteiger partial charge in [-0.3, -0.25) is 14.8 Å². The van der Waals surface area contributed by atoms with Crippen LogP contribution in [0.3, 0.4) is 0 Å². The number of nitrogens with zero attached hydrogens (tertiary/aromatic N) is 12. The number of aliphatic hydroxyl groups is 3. The molecule has 13 aromatic rings. The number of aliphatic hydroxyl groups excluding tert-OH is 3. The van der Waals surface area contributed by atoms with Gasteiger partial charge in [0.15, 0.2) is 11.6 Å². The number of para-hydroxylation sites is 1. The molecule has 0 spiro atoms. The summed E-state index contributed by atoms with van der Waals surface area (Å²) in [5.41, 5.74) is 17.8. The number of imidazole rings is 3. The third-order valence-electron chi connectivity index (χ3n) is 17.6. The number of aryl methyl sites for hydroxylation is 2. The van der Waals surface area contributed by atoms with Crippen LogP contribution in [0.25, 0.3) is 62.1 Å². The number of hydrogen-bond donors (Lipinski definition) is 5. The van der Waals surface area contributed by atoms with Crippen molar-refractivity contribution in [3.8, 4) is 91.5 Å². The van der Waals surface area contributed by atoms with Gasteiger partial charge in [-0.05, 0) is 173 Å². The van der Waals surface area contributed by atoms with Gasteiger partial charge >= 0.3 is 6.01 Å². The summed E-state index contributed by atoms with van der Waals surface area (Å²) in [6.07, 6.45) is 19.2. The summed E-state index contributed by atoms with van der Waals surface area (Å²) in [7, 11) is 0. The van der Waals surface area contributed by atoms with Gasteiger partial charge in [-0.15, -0.1) is 0 Å². The lowest BCUT2D eigenvalue weighted by Gasteiger charge is -2.26. The summed E-state index contributed by atoms with van der Waals surface area (Å²) in [6, 6.07) is 55.9. The molecule has 23 heteroatoms. The Morgan fingerprint density at radius 3 is 1.94 bits per heavy atom. The molecule has 8 heterocycles. The molecule has 0 radical (unpaired) electrons. The van der Waals surface area contributed by atoms with E-state index in [9.17, 15) is 33.3 Å². The maximum atomic E-state index is 14.6. The molecule has 20 nitrogen and oxygen atoms in total. The van der Waals surface area contributed by atoms with E-state index in [4.69, 9.17) is 15.2 Å². The van der Waals surface area contributed by atoms with E-state index in [1.165, 1.54) is 52.8 Å². The monoisotopic (exact) mass is 1440 g/mol. The molecule has 1 aliphatic heterocycles. The van der Waals surface area contributed by atoms with Crippen LogP contribution in [0.1, 0.15) is 97.3 Å². The van der Waals surface area contributed by atoms with E-state index < -0.39 is 18.1 Å². The summed E-state index contributed by atoms with van der Waals surface area (Å²) in [6.45, 7) is 8.35. The molecular weight excluding hydrogens is 1360 g/mol. The second-order valence-electron chi connectivity index (χ2n) is 25.1. The highest BCUT2D eigenvalue weighted by Crippen LogP contribution is 2.37. The van der Waals surface area contributed by atoms with Crippen LogP contribution in [-0.4, -0.2) is 118 Å². The first kappa shape index (κ1) is 75.9. The van der Waals surface area contributed by atoms with E-state index in [-0.39, 0.29) is 54.6 Å². The van der Waals surface area contributed by atoms with Crippen molar-refractivity contribution in [2.24, 2.45) is 0 Å². The first-order chi connectivity index (χ1) is 52.3. The van der Waals surface area contributed by atoms with E-state index in [1.807, 2.05) is 110 Å². The molecule has 0 unspecified atom stereocenters. The standard InChI is InChI=1S/C23H22N4O3.C22H22FN3.C20H20FN3O3.C19H19FN4/c1-16-7-9-17(10-8-16)21-22(27(15-25-21)18(13-28)14-29)20-11-12-24-23(26-20)30-19-5-3-2-4-6-19;1-2-3-5-12-20-25-22(23)21(19-13-15-24-16-14-19)26(20)17-8-11-18-9-6-4-7-10-18;1-2-16(25)12-27-17-5-3-4-13(10-17)19(26)18-11-23-24(20(18)22)15-8-6-14(21)7-9-15;20-16-3-1-14(2-4-16)18-19(15-5-9-21-10-6-15)24(13-23-18)17-7-11-22-12-8-17/h2-12,15,18,28-29H,13-14H2,1H3;4,6-7,9-10,13-16H,2-3,8,11,17H2,1H3;3-11,16,25H,2,12,22H2,1H3;1-6,9-10,13,17,22H,7-8,11-12H2/t;;16-;/m..0./s1. The van der Waals surface area contributed by atoms with Crippen LogP contribution < -0.4 is 20.5 Å². The summed E-state index contributed by atoms with van der Waals surface area (Å²) in [5, 5.41) is 36.6. The zero-order valence-electron chi connectivity index (χ0n) is 59.6. The van der Waals surface area contributed by atoms with Crippen LogP contribution in [0, 0.1) is 36.3 Å². The molecule has 6 N–H and O–H groups in total. The second kappa shape index (κ2) is 38.0. The molecule has 0 aliphatic carbocycles. The van der Waals surface area contributed by atoms with Gasteiger partial charge in [-0.1, -0.05) is 110 Å². The zero-order valence-corrected chi connectivity index (χ0v) is 59.6. The molecule has 0 bridgehead atoms. The number of nitrogens with two attached hydrogens (primary N) is 1. The van der Waals surface area contributed by atoms with Gasteiger partial charge in [0.1, 0.15) is 41.3 Å². The van der Waals surface area contributed by atoms with Gasteiger partial charge in [0.05, 0.1) is 83.9 Å². The minimum Gasteiger partial charge on any atom is -0.491 e. The van der Waals surface area contributed by atoms with E-state index in [0.29, 0.717) is 70.4 Å². The smallest absolute Gasteiger partial charge is 0.322 e. The lowest BCUT2D eigenvalue weighted by atomic mass is 10.0. The topological polar surface area (TPSA) is 257 Å². The Balaban J connectivity index is 0.000000143. The third kappa shape index (κ3) is 20.0. The Hall–Kier alpha value is -12.2. The number of nitrogen functional groups attached to an aromatic ring is 1. The number of rotatable bonds is 23. The second-order valence-corrected chi connectivity index (χ2v) is 25.1. The molecule has 1 saturated heterocycles. The highest BCUT2D eigenvalue weighted by molar-refractivity contribution is 6.11. The number of unbranched alkanes of at least 4 members (excludes halogenated alkanes) is 1. The fraction of sp³-hybridized carbons (Fsp3) is 0.226. The minimum atomic E-state index is -0.561. The lowest BCUT2D eigenvalue weighted by molar-refractivity contribution is 0.102. The first-order valence-electron chi connectivity index (χ1n) is 35.4. The molecule has 6 aromatic carbocycles. The summed E-state index contributed by atoms with van der Waals surface area (Å²) < 4.78 is 59.5. The summed E-state index contributed by atoms with van der Waals surface area (Å²) in [5.74, 6) is 6.51. The number of carbonyl (C=O) groups excluding carboxylic acids is 1. The minimum absolute atomic E-state index is 0.152. The number of ketones is 1. The first-order valence-corrected chi connectivity index (χ1v) is 35.4. The molecule has 14 rings (SSSR count). The quantitative estimate of drug-likeness (QED) is 0.0295. The average molecular weight is 1440 g/mol. The Morgan fingerprint density at radius 1 is 0.673 bits per heavy atom. The van der Waals surface area contributed by atoms with Crippen molar-refractivity contribution in [1.82, 2.24) is 63.7 Å². The molecule has 7 aromatic heterocycles. The van der Waals surface area contributed by atoms with Crippen LogP contribution in [0.2, 0.25) is 0 Å². The van der Waals surface area contributed by atoms with Crippen LogP contribution in [-0.2, 0) is 13.0 Å². The maximum Gasteiger partial charge on any atom is 0.322 e. The predicted molar refractivity (Wildman–Crippen MR) is 407 cm³/mol. The summed E-state index contributed by atoms with van der Waals surface area (Å²) >= 11 is 0. The molecule has 107 heavy (non-hydrogen) atoms. The zero-order chi connectivity index (χ0) is 74.9. The maximum absolute atomic E-state index is 14.6. The van der Waals surface area contributed by atoms with E-state index in [0.717, 1.165) is 90.8 Å². The van der Waals surface area contributed by atoms with Crippen molar-refractivity contribution in [2.45, 2.75) is 90.4 Å². The number of piperidine rings is 1. The van der Waals surface area contributed by atoms with Crippen LogP contribution in [0.5, 0.6) is 17.5 Å². The van der Waals surface area contributed by atoms with Gasteiger partial charge in [-0.2, -0.15) is 19.5 Å². The third-order valence-corrected chi connectivity index (χ3v) is 17.6. The fourth-order valence-corrected chi connectivity index (χ4v) is 11.9. The van der Waals surface area contributed by atoms with Crippen molar-refractivity contribution in [3.63, 3.8) is 0 Å². The van der Waals surface area contributed by atoms with Crippen molar-refractivity contribution in [3.05, 3.63) is 284 Å². The Labute approximate surface area is 619 Å². The van der Waals surface area contributed by atoms with Crippen LogP contribution >= 0.6 is 0 Å². The molecule has 546 valence electrons. The number of aromatic nitrogens is 12. The van der Waals surface area contributed by atoms with Gasteiger partial charge in [-0.25, -0.2) is 28.4 Å². The van der Waals surface area contributed by atoms with Crippen LogP contribution in [0.15, 0.2) is 238 Å². The van der Waals surface area contributed by atoms with Gasteiger partial charge in [0.2, 0.25) is 5.95 Å². The number of hydrogen-bond acceptors (Lipinski definition) is 16. The Kier molecular flexibility index (Phi) is 27.0. The predicted octanol–water partition coefficient (Wildman–Crippen LogP) is 15.2. The molecule has 1 atom stereocenters. The normalized spacial score (nSPS) is 12.1. The van der Waals surface area contributed by atoms with E-state index >= 15 is 0 Å². The van der Waals surface area contributed by atoms with Gasteiger partial charge in [0, 0.05) is 77.8 Å². The van der Waals surface area contributed by atoms with Crippen molar-refractivity contribution in [1.29, 1.82) is 0 Å².